The second kappa shape index (κ2) is 5.57. The summed E-state index contributed by atoms with van der Waals surface area (Å²) in [6, 6.07) is -0.0310. The van der Waals surface area contributed by atoms with E-state index in [9.17, 15) is 8.42 Å². The van der Waals surface area contributed by atoms with Crippen LogP contribution in [0.5, 0.6) is 0 Å². The Balaban J connectivity index is 4.43. The molecule has 0 radical (unpaired) electrons. The topological polar surface area (TPSA) is 57.6 Å². The first-order chi connectivity index (χ1) is 5.95. The fourth-order valence-corrected chi connectivity index (χ4v) is 2.49. The van der Waals surface area contributed by atoms with Crippen molar-refractivity contribution in [3.8, 4) is 0 Å². The second-order valence-electron chi connectivity index (χ2n) is 3.18. The minimum atomic E-state index is -3.11. The van der Waals surface area contributed by atoms with E-state index < -0.39 is 10.0 Å². The predicted octanol–water partition coefficient (Wildman–Crippen LogP) is 0.429. The van der Waals surface area contributed by atoms with Crippen molar-refractivity contribution in [2.45, 2.75) is 33.2 Å². The highest BCUT2D eigenvalue weighted by atomic mass is 32.2. The zero-order valence-electron chi connectivity index (χ0n) is 8.52. The molecule has 4 nitrogen and oxygen atoms in total. The lowest BCUT2D eigenvalue weighted by Crippen LogP contribution is -2.38. The van der Waals surface area contributed by atoms with E-state index >= 15 is 0 Å². The van der Waals surface area contributed by atoms with E-state index in [4.69, 9.17) is 5.11 Å². The Morgan fingerprint density at radius 2 is 1.92 bits per heavy atom. The van der Waals surface area contributed by atoms with E-state index in [1.165, 1.54) is 4.31 Å². The Morgan fingerprint density at radius 1 is 1.38 bits per heavy atom. The van der Waals surface area contributed by atoms with Crippen molar-refractivity contribution in [2.75, 3.05) is 18.9 Å². The smallest absolute Gasteiger partial charge is 0.214 e. The van der Waals surface area contributed by atoms with Crippen LogP contribution in [0.15, 0.2) is 0 Å². The molecule has 0 amide bonds. The minimum absolute atomic E-state index is 0.0302. The molecule has 0 aliphatic rings. The van der Waals surface area contributed by atoms with Crippen LogP contribution in [0.1, 0.15) is 27.2 Å². The molecule has 13 heavy (non-hydrogen) atoms. The van der Waals surface area contributed by atoms with Crippen LogP contribution < -0.4 is 0 Å². The maximum Gasteiger partial charge on any atom is 0.214 e. The highest BCUT2D eigenvalue weighted by molar-refractivity contribution is 7.89. The van der Waals surface area contributed by atoms with Crippen LogP contribution in [0, 0.1) is 0 Å². The third-order valence-corrected chi connectivity index (χ3v) is 3.88. The van der Waals surface area contributed by atoms with Crippen LogP contribution in [0.2, 0.25) is 0 Å². The van der Waals surface area contributed by atoms with Gasteiger partial charge in [0.2, 0.25) is 10.0 Å². The zero-order valence-corrected chi connectivity index (χ0v) is 9.34. The minimum Gasteiger partial charge on any atom is -0.396 e. The Kier molecular flexibility index (Phi) is 5.51. The lowest BCUT2D eigenvalue weighted by molar-refractivity contribution is 0.258. The van der Waals surface area contributed by atoms with Crippen LogP contribution in [0.4, 0.5) is 0 Å². The summed E-state index contributed by atoms with van der Waals surface area (Å²) in [7, 11) is -3.11. The number of aliphatic hydroxyl groups excluding tert-OH is 1. The standard InChI is InChI=1S/C8H19NO3S/c1-4-13(11,12)9(8(2)3)6-5-7-10/h8,10H,4-7H2,1-3H3. The summed E-state index contributed by atoms with van der Waals surface area (Å²) in [6.45, 7) is 5.74. The van der Waals surface area contributed by atoms with E-state index in [1.54, 1.807) is 6.92 Å². The Morgan fingerprint density at radius 3 is 2.23 bits per heavy atom. The second-order valence-corrected chi connectivity index (χ2v) is 5.39. The van der Waals surface area contributed by atoms with Crippen molar-refractivity contribution in [1.29, 1.82) is 0 Å². The molecule has 0 heterocycles. The predicted molar refractivity (Wildman–Crippen MR) is 53.0 cm³/mol. The molecule has 0 aromatic rings. The SMILES string of the molecule is CCS(=O)(=O)N(CCCO)C(C)C. The zero-order chi connectivity index (χ0) is 10.5. The lowest BCUT2D eigenvalue weighted by Gasteiger charge is -2.24. The average Bonchev–Trinajstić information content (AvgIpc) is 2.04. The number of hydrogen-bond donors (Lipinski definition) is 1. The summed E-state index contributed by atoms with van der Waals surface area (Å²) in [5, 5.41) is 8.61. The maximum atomic E-state index is 11.5. The molecule has 0 saturated carbocycles. The average molecular weight is 209 g/mol. The molecule has 1 N–H and O–H groups in total. The van der Waals surface area contributed by atoms with Gasteiger partial charge in [-0.05, 0) is 27.2 Å². The quantitative estimate of drug-likeness (QED) is 0.690. The van der Waals surface area contributed by atoms with Crippen LogP contribution >= 0.6 is 0 Å². The lowest BCUT2D eigenvalue weighted by atomic mass is 10.3. The third-order valence-electron chi connectivity index (χ3n) is 1.83. The summed E-state index contributed by atoms with van der Waals surface area (Å²) in [5.41, 5.74) is 0. The van der Waals surface area contributed by atoms with Crippen molar-refractivity contribution >= 4 is 10.0 Å². The first kappa shape index (κ1) is 12.9. The summed E-state index contributed by atoms with van der Waals surface area (Å²) in [5.74, 6) is 0.122. The van der Waals surface area contributed by atoms with Gasteiger partial charge in [0, 0.05) is 19.2 Å². The monoisotopic (exact) mass is 209 g/mol. The molecular weight excluding hydrogens is 190 g/mol. The largest absolute Gasteiger partial charge is 0.396 e. The van der Waals surface area contributed by atoms with Crippen LogP contribution in [-0.4, -0.2) is 42.8 Å². The van der Waals surface area contributed by atoms with Crippen molar-refractivity contribution in [1.82, 2.24) is 4.31 Å². The van der Waals surface area contributed by atoms with E-state index in [0.29, 0.717) is 13.0 Å². The van der Waals surface area contributed by atoms with Gasteiger partial charge in [-0.15, -0.1) is 0 Å². The van der Waals surface area contributed by atoms with E-state index in [0.717, 1.165) is 0 Å². The van der Waals surface area contributed by atoms with Gasteiger partial charge in [-0.1, -0.05) is 0 Å². The van der Waals surface area contributed by atoms with Gasteiger partial charge in [0.05, 0.1) is 5.75 Å². The highest BCUT2D eigenvalue weighted by Gasteiger charge is 2.21. The third kappa shape index (κ3) is 4.06. The maximum absolute atomic E-state index is 11.5. The van der Waals surface area contributed by atoms with Crippen molar-refractivity contribution in [3.63, 3.8) is 0 Å². The normalized spacial score (nSPS) is 12.8. The van der Waals surface area contributed by atoms with Gasteiger partial charge < -0.3 is 5.11 Å². The van der Waals surface area contributed by atoms with Crippen molar-refractivity contribution < 1.29 is 13.5 Å². The Hall–Kier alpha value is -0.130. The molecule has 5 heteroatoms. The molecule has 0 saturated heterocycles. The highest BCUT2D eigenvalue weighted by Crippen LogP contribution is 2.07. The van der Waals surface area contributed by atoms with Gasteiger partial charge in [-0.25, -0.2) is 8.42 Å². The van der Waals surface area contributed by atoms with E-state index in [-0.39, 0.29) is 18.4 Å². The Labute approximate surface area is 80.6 Å². The van der Waals surface area contributed by atoms with Gasteiger partial charge in [-0.2, -0.15) is 4.31 Å². The molecule has 0 aromatic carbocycles. The fourth-order valence-electron chi connectivity index (χ4n) is 1.11. The van der Waals surface area contributed by atoms with Crippen LogP contribution in [0.3, 0.4) is 0 Å². The van der Waals surface area contributed by atoms with Crippen LogP contribution in [0.25, 0.3) is 0 Å². The number of nitrogens with zero attached hydrogens (tertiary/aromatic N) is 1. The molecule has 0 aromatic heterocycles. The molecule has 0 fully saturated rings. The first-order valence-corrected chi connectivity index (χ1v) is 6.17. The van der Waals surface area contributed by atoms with Crippen LogP contribution in [-0.2, 0) is 10.0 Å². The van der Waals surface area contributed by atoms with E-state index in [1.807, 2.05) is 13.8 Å². The van der Waals surface area contributed by atoms with Gasteiger partial charge in [-0.3, -0.25) is 0 Å². The molecule has 0 atom stereocenters. The fraction of sp³-hybridized carbons (Fsp3) is 1.00. The number of sulfonamides is 1. The molecule has 0 unspecified atom stereocenters. The van der Waals surface area contributed by atoms with Gasteiger partial charge in [0.15, 0.2) is 0 Å². The summed E-state index contributed by atoms with van der Waals surface area (Å²) >= 11 is 0. The molecule has 0 aliphatic heterocycles. The molecule has 0 rings (SSSR count). The van der Waals surface area contributed by atoms with Gasteiger partial charge in [0.25, 0.3) is 0 Å². The molecule has 0 spiro atoms. The molecule has 0 bridgehead atoms. The summed E-state index contributed by atoms with van der Waals surface area (Å²) in [4.78, 5) is 0. The number of hydrogen-bond acceptors (Lipinski definition) is 3. The summed E-state index contributed by atoms with van der Waals surface area (Å²) in [6.07, 6.45) is 0.497. The van der Waals surface area contributed by atoms with Crippen molar-refractivity contribution in [2.24, 2.45) is 0 Å². The molecular formula is C8H19NO3S. The molecule has 0 aliphatic carbocycles. The Bertz CT molecular complexity index is 224. The van der Waals surface area contributed by atoms with Crippen molar-refractivity contribution in [3.05, 3.63) is 0 Å². The number of aliphatic hydroxyl groups is 1. The summed E-state index contributed by atoms with van der Waals surface area (Å²) < 4.78 is 24.4. The number of rotatable bonds is 6. The first-order valence-electron chi connectivity index (χ1n) is 4.56. The van der Waals surface area contributed by atoms with Gasteiger partial charge >= 0.3 is 0 Å². The van der Waals surface area contributed by atoms with E-state index in [2.05, 4.69) is 0 Å². The molecule has 80 valence electrons. The van der Waals surface area contributed by atoms with Gasteiger partial charge in [0.1, 0.15) is 0 Å².